The first-order chi connectivity index (χ1) is 8.24. The molecule has 2 rings (SSSR count). The summed E-state index contributed by atoms with van der Waals surface area (Å²) in [6, 6.07) is 5.61. The molecular formula is C12H14N2O3. The molecule has 1 aromatic heterocycles. The van der Waals surface area contributed by atoms with Gasteiger partial charge in [0.15, 0.2) is 5.82 Å². The maximum absolute atomic E-state index is 5.67. The van der Waals surface area contributed by atoms with Gasteiger partial charge in [0.2, 0.25) is 0 Å². The summed E-state index contributed by atoms with van der Waals surface area (Å²) >= 11 is 0. The molecule has 0 saturated heterocycles. The normalized spacial score (nSPS) is 10.2. The highest BCUT2D eigenvalue weighted by molar-refractivity contribution is 5.46. The Hall–Kier alpha value is -2.17. The van der Waals surface area contributed by atoms with Gasteiger partial charge in [-0.05, 0) is 18.2 Å². The van der Waals surface area contributed by atoms with Crippen LogP contribution in [0.25, 0.3) is 0 Å². The topological polar surface area (TPSA) is 70.5 Å². The molecule has 0 unspecified atom stereocenters. The van der Waals surface area contributed by atoms with Gasteiger partial charge in [0, 0.05) is 17.5 Å². The standard InChI is InChI=1S/C12H14N2O3/c1-15-10-3-4-11(16-2)8(6-10)5-9-7-17-14-12(9)13/h3-4,6-7H,5H2,1-2H3,(H2,13,14). The van der Waals surface area contributed by atoms with Crippen molar-refractivity contribution in [3.8, 4) is 11.5 Å². The summed E-state index contributed by atoms with van der Waals surface area (Å²) in [5, 5.41) is 3.64. The number of methoxy groups -OCH3 is 2. The number of nitrogen functional groups attached to an aromatic ring is 1. The summed E-state index contributed by atoms with van der Waals surface area (Å²) in [6.07, 6.45) is 2.13. The van der Waals surface area contributed by atoms with Crippen molar-refractivity contribution in [3.63, 3.8) is 0 Å². The molecule has 2 N–H and O–H groups in total. The van der Waals surface area contributed by atoms with Crippen molar-refractivity contribution in [1.82, 2.24) is 5.16 Å². The molecule has 2 aromatic rings. The highest BCUT2D eigenvalue weighted by Gasteiger charge is 2.10. The summed E-state index contributed by atoms with van der Waals surface area (Å²) < 4.78 is 15.3. The van der Waals surface area contributed by atoms with Gasteiger partial charge in [0.05, 0.1) is 14.2 Å². The number of rotatable bonds is 4. The Labute approximate surface area is 99.1 Å². The summed E-state index contributed by atoms with van der Waals surface area (Å²) in [6.45, 7) is 0. The minimum absolute atomic E-state index is 0.398. The van der Waals surface area contributed by atoms with E-state index in [1.54, 1.807) is 14.2 Å². The Bertz CT molecular complexity index is 508. The second-order valence-electron chi connectivity index (χ2n) is 3.58. The molecule has 0 aliphatic rings. The molecule has 5 nitrogen and oxygen atoms in total. The Kier molecular flexibility index (Phi) is 3.18. The van der Waals surface area contributed by atoms with Gasteiger partial charge in [-0.2, -0.15) is 0 Å². The Morgan fingerprint density at radius 3 is 2.65 bits per heavy atom. The third-order valence-electron chi connectivity index (χ3n) is 2.54. The van der Waals surface area contributed by atoms with E-state index in [0.29, 0.717) is 12.2 Å². The Balaban J connectivity index is 2.33. The van der Waals surface area contributed by atoms with Crippen LogP contribution in [0.4, 0.5) is 5.82 Å². The van der Waals surface area contributed by atoms with E-state index in [1.165, 1.54) is 6.26 Å². The van der Waals surface area contributed by atoms with E-state index in [-0.39, 0.29) is 0 Å². The van der Waals surface area contributed by atoms with Crippen molar-refractivity contribution in [2.45, 2.75) is 6.42 Å². The molecule has 0 aliphatic heterocycles. The lowest BCUT2D eigenvalue weighted by Crippen LogP contribution is -1.97. The third kappa shape index (κ3) is 2.33. The molecule has 0 bridgehead atoms. The van der Waals surface area contributed by atoms with Gasteiger partial charge in [-0.15, -0.1) is 0 Å². The maximum atomic E-state index is 5.67. The zero-order valence-electron chi connectivity index (χ0n) is 9.77. The SMILES string of the molecule is COc1ccc(OC)c(Cc2conc2N)c1. The summed E-state index contributed by atoms with van der Waals surface area (Å²) in [5.41, 5.74) is 7.48. The molecule has 0 radical (unpaired) electrons. The van der Waals surface area contributed by atoms with Crippen LogP contribution in [0.5, 0.6) is 11.5 Å². The lowest BCUT2D eigenvalue weighted by molar-refractivity contribution is 0.399. The fourth-order valence-electron chi connectivity index (χ4n) is 1.62. The van der Waals surface area contributed by atoms with Gasteiger partial charge in [0.1, 0.15) is 17.8 Å². The summed E-state index contributed by atoms with van der Waals surface area (Å²) in [7, 11) is 3.25. The second kappa shape index (κ2) is 4.78. The predicted molar refractivity (Wildman–Crippen MR) is 63.3 cm³/mol. The molecule has 0 atom stereocenters. The van der Waals surface area contributed by atoms with Crippen molar-refractivity contribution < 1.29 is 14.0 Å². The van der Waals surface area contributed by atoms with E-state index >= 15 is 0 Å². The van der Waals surface area contributed by atoms with Crippen LogP contribution in [-0.4, -0.2) is 19.4 Å². The Morgan fingerprint density at radius 2 is 2.06 bits per heavy atom. The Morgan fingerprint density at radius 1 is 1.24 bits per heavy atom. The maximum Gasteiger partial charge on any atom is 0.170 e. The smallest absolute Gasteiger partial charge is 0.170 e. The van der Waals surface area contributed by atoms with Crippen molar-refractivity contribution in [3.05, 3.63) is 35.6 Å². The second-order valence-corrected chi connectivity index (χ2v) is 3.58. The van der Waals surface area contributed by atoms with Crippen molar-refractivity contribution in [2.24, 2.45) is 0 Å². The molecule has 0 spiro atoms. The van der Waals surface area contributed by atoms with Crippen LogP contribution < -0.4 is 15.2 Å². The molecule has 5 heteroatoms. The molecule has 0 fully saturated rings. The van der Waals surface area contributed by atoms with Gasteiger partial charge >= 0.3 is 0 Å². The largest absolute Gasteiger partial charge is 0.497 e. The average Bonchev–Trinajstić information content (AvgIpc) is 2.75. The van der Waals surface area contributed by atoms with Crippen LogP contribution in [0, 0.1) is 0 Å². The average molecular weight is 234 g/mol. The van der Waals surface area contributed by atoms with Crippen LogP contribution in [0.3, 0.4) is 0 Å². The van der Waals surface area contributed by atoms with Crippen LogP contribution in [-0.2, 0) is 6.42 Å². The zero-order chi connectivity index (χ0) is 12.3. The summed E-state index contributed by atoms with van der Waals surface area (Å²) in [5.74, 6) is 1.96. The third-order valence-corrected chi connectivity index (χ3v) is 2.54. The van der Waals surface area contributed by atoms with Gasteiger partial charge in [-0.25, -0.2) is 0 Å². The zero-order valence-corrected chi connectivity index (χ0v) is 9.77. The van der Waals surface area contributed by atoms with Gasteiger partial charge in [0.25, 0.3) is 0 Å². The lowest BCUT2D eigenvalue weighted by atomic mass is 10.1. The van der Waals surface area contributed by atoms with Gasteiger partial charge in [-0.1, -0.05) is 5.16 Å². The lowest BCUT2D eigenvalue weighted by Gasteiger charge is -2.09. The van der Waals surface area contributed by atoms with E-state index in [4.69, 9.17) is 19.7 Å². The first-order valence-electron chi connectivity index (χ1n) is 5.14. The van der Waals surface area contributed by atoms with Crippen LogP contribution in [0.2, 0.25) is 0 Å². The first kappa shape index (κ1) is 11.3. The van der Waals surface area contributed by atoms with E-state index in [0.717, 1.165) is 22.6 Å². The summed E-state index contributed by atoms with van der Waals surface area (Å²) in [4.78, 5) is 0. The van der Waals surface area contributed by atoms with Crippen molar-refractivity contribution in [1.29, 1.82) is 0 Å². The minimum atomic E-state index is 0.398. The minimum Gasteiger partial charge on any atom is -0.497 e. The number of hydrogen-bond acceptors (Lipinski definition) is 5. The van der Waals surface area contributed by atoms with Crippen molar-refractivity contribution in [2.75, 3.05) is 20.0 Å². The van der Waals surface area contributed by atoms with Gasteiger partial charge < -0.3 is 19.7 Å². The number of ether oxygens (including phenoxy) is 2. The highest BCUT2D eigenvalue weighted by Crippen LogP contribution is 2.27. The molecule has 0 amide bonds. The van der Waals surface area contributed by atoms with Gasteiger partial charge in [-0.3, -0.25) is 0 Å². The molecule has 0 aliphatic carbocycles. The number of aromatic nitrogens is 1. The fourth-order valence-corrected chi connectivity index (χ4v) is 1.62. The number of nitrogens with two attached hydrogens (primary N) is 1. The van der Waals surface area contributed by atoms with E-state index < -0.39 is 0 Å². The van der Waals surface area contributed by atoms with Crippen LogP contribution in [0.15, 0.2) is 29.0 Å². The first-order valence-corrected chi connectivity index (χ1v) is 5.14. The fraction of sp³-hybridized carbons (Fsp3) is 0.250. The molecule has 1 heterocycles. The number of benzene rings is 1. The number of hydrogen-bond donors (Lipinski definition) is 1. The monoisotopic (exact) mass is 234 g/mol. The molecule has 90 valence electrons. The van der Waals surface area contributed by atoms with E-state index in [2.05, 4.69) is 5.16 Å². The highest BCUT2D eigenvalue weighted by atomic mass is 16.5. The number of nitrogens with zero attached hydrogens (tertiary/aromatic N) is 1. The number of anilines is 1. The van der Waals surface area contributed by atoms with Crippen molar-refractivity contribution >= 4 is 5.82 Å². The van der Waals surface area contributed by atoms with E-state index in [9.17, 15) is 0 Å². The predicted octanol–water partition coefficient (Wildman–Crippen LogP) is 1.86. The van der Waals surface area contributed by atoms with E-state index in [1.807, 2.05) is 18.2 Å². The molecule has 0 saturated carbocycles. The molecule has 17 heavy (non-hydrogen) atoms. The van der Waals surface area contributed by atoms with Crippen LogP contribution >= 0.6 is 0 Å². The molecule has 1 aromatic carbocycles. The van der Waals surface area contributed by atoms with Crippen LogP contribution in [0.1, 0.15) is 11.1 Å². The quantitative estimate of drug-likeness (QED) is 0.874. The molecular weight excluding hydrogens is 220 g/mol.